The van der Waals surface area contributed by atoms with Crippen LogP contribution in [0.1, 0.15) is 6.92 Å². The Balaban J connectivity index is 2.06. The third-order valence-electron chi connectivity index (χ3n) is 2.41. The molecule has 0 amide bonds. The second-order valence-corrected chi connectivity index (χ2v) is 6.24. The lowest BCUT2D eigenvalue weighted by atomic mass is 10.4. The van der Waals surface area contributed by atoms with Crippen LogP contribution in [-0.2, 0) is 16.6 Å². The number of aromatic nitrogens is 3. The molecule has 0 aliphatic carbocycles. The maximum absolute atomic E-state index is 12.1. The molecule has 0 saturated carbocycles. The van der Waals surface area contributed by atoms with E-state index in [2.05, 4.69) is 14.8 Å². The first-order chi connectivity index (χ1) is 8.97. The van der Waals surface area contributed by atoms with E-state index in [1.54, 1.807) is 11.6 Å². The molecule has 6 nitrogen and oxygen atoms in total. The maximum Gasteiger partial charge on any atom is 0.240 e. The van der Waals surface area contributed by atoms with Gasteiger partial charge in [0.2, 0.25) is 10.0 Å². The number of hydrogen-bond donors (Lipinski definition) is 1. The molecule has 19 heavy (non-hydrogen) atoms. The van der Waals surface area contributed by atoms with Crippen LogP contribution >= 0.6 is 11.6 Å². The van der Waals surface area contributed by atoms with Crippen LogP contribution < -0.4 is 4.72 Å². The summed E-state index contributed by atoms with van der Waals surface area (Å²) in [4.78, 5) is 3.98. The zero-order chi connectivity index (χ0) is 13.9. The highest BCUT2D eigenvalue weighted by Crippen LogP contribution is 2.14. The summed E-state index contributed by atoms with van der Waals surface area (Å²) in [7, 11) is -3.55. The zero-order valence-electron chi connectivity index (χ0n) is 10.2. The van der Waals surface area contributed by atoms with Crippen LogP contribution in [0.15, 0.2) is 41.8 Å². The Morgan fingerprint density at radius 1 is 1.37 bits per heavy atom. The van der Waals surface area contributed by atoms with Gasteiger partial charge in [0.25, 0.3) is 0 Å². The number of nitrogens with zero attached hydrogens (tertiary/aromatic N) is 3. The van der Waals surface area contributed by atoms with Crippen molar-refractivity contribution in [3.8, 4) is 0 Å². The fourth-order valence-corrected chi connectivity index (χ4v) is 2.95. The molecular weight excluding hydrogens is 288 g/mol. The summed E-state index contributed by atoms with van der Waals surface area (Å²) in [5.74, 6) is 0. The Morgan fingerprint density at radius 3 is 2.63 bits per heavy atom. The molecule has 1 aromatic carbocycles. The third-order valence-corrected chi connectivity index (χ3v) is 4.27. The molecular formula is C11H13ClN4O2S. The fraction of sp³-hybridized carbons (Fsp3) is 0.273. The Bertz CT molecular complexity index is 625. The van der Waals surface area contributed by atoms with Gasteiger partial charge in [-0.25, -0.2) is 18.1 Å². The van der Waals surface area contributed by atoms with E-state index in [9.17, 15) is 8.42 Å². The zero-order valence-corrected chi connectivity index (χ0v) is 11.8. The van der Waals surface area contributed by atoms with Crippen LogP contribution in [0, 0.1) is 0 Å². The molecule has 1 N–H and O–H groups in total. The lowest BCUT2D eigenvalue weighted by molar-refractivity contribution is 0.493. The van der Waals surface area contributed by atoms with Crippen molar-refractivity contribution in [2.45, 2.75) is 24.4 Å². The van der Waals surface area contributed by atoms with Crippen LogP contribution in [0.25, 0.3) is 0 Å². The van der Waals surface area contributed by atoms with E-state index in [1.165, 1.54) is 36.9 Å². The van der Waals surface area contributed by atoms with E-state index < -0.39 is 10.0 Å². The maximum atomic E-state index is 12.1. The minimum absolute atomic E-state index is 0.183. The van der Waals surface area contributed by atoms with Crippen molar-refractivity contribution in [2.75, 3.05) is 0 Å². The molecule has 0 bridgehead atoms. The molecule has 8 heteroatoms. The van der Waals surface area contributed by atoms with Gasteiger partial charge < -0.3 is 0 Å². The average Bonchev–Trinajstić information content (AvgIpc) is 2.81. The van der Waals surface area contributed by atoms with Gasteiger partial charge in [0.15, 0.2) is 0 Å². The van der Waals surface area contributed by atoms with Crippen LogP contribution in [0.3, 0.4) is 0 Å². The number of hydrogen-bond acceptors (Lipinski definition) is 4. The first kappa shape index (κ1) is 14.0. The molecule has 1 heterocycles. The molecule has 0 aliphatic heterocycles. The smallest absolute Gasteiger partial charge is 0.240 e. The van der Waals surface area contributed by atoms with Gasteiger partial charge in [0, 0.05) is 11.1 Å². The second kappa shape index (κ2) is 5.68. The van der Waals surface area contributed by atoms with Crippen molar-refractivity contribution < 1.29 is 8.42 Å². The molecule has 0 spiro atoms. The van der Waals surface area contributed by atoms with E-state index >= 15 is 0 Å². The summed E-state index contributed by atoms with van der Waals surface area (Å²) in [6.45, 7) is 2.17. The van der Waals surface area contributed by atoms with Gasteiger partial charge in [-0.05, 0) is 31.2 Å². The lowest BCUT2D eigenvalue weighted by Crippen LogP contribution is -2.35. The monoisotopic (exact) mass is 300 g/mol. The predicted octanol–water partition coefficient (Wildman–Crippen LogP) is 1.30. The molecule has 2 aromatic rings. The highest BCUT2D eigenvalue weighted by atomic mass is 35.5. The number of rotatable bonds is 5. The lowest BCUT2D eigenvalue weighted by Gasteiger charge is -2.14. The summed E-state index contributed by atoms with van der Waals surface area (Å²) in [5.41, 5.74) is 0. The highest BCUT2D eigenvalue weighted by Gasteiger charge is 2.17. The van der Waals surface area contributed by atoms with Crippen LogP contribution in [-0.4, -0.2) is 29.2 Å². The molecule has 0 fully saturated rings. The normalized spacial score (nSPS) is 13.4. The minimum Gasteiger partial charge on any atom is -0.251 e. The van der Waals surface area contributed by atoms with E-state index in [0.29, 0.717) is 11.6 Å². The van der Waals surface area contributed by atoms with Gasteiger partial charge in [-0.15, -0.1) is 0 Å². The Labute approximate surface area is 116 Å². The summed E-state index contributed by atoms with van der Waals surface area (Å²) in [6.07, 6.45) is 2.94. The third kappa shape index (κ3) is 3.76. The summed E-state index contributed by atoms with van der Waals surface area (Å²) < 4.78 is 28.3. The topological polar surface area (TPSA) is 76.9 Å². The number of sulfonamides is 1. The Hall–Kier alpha value is -1.44. The van der Waals surface area contributed by atoms with Crippen molar-refractivity contribution in [1.82, 2.24) is 19.5 Å². The van der Waals surface area contributed by atoms with E-state index in [0.717, 1.165) is 0 Å². The molecule has 0 aliphatic rings. The van der Waals surface area contributed by atoms with Gasteiger partial charge in [0.1, 0.15) is 12.7 Å². The van der Waals surface area contributed by atoms with Gasteiger partial charge in [-0.2, -0.15) is 5.10 Å². The molecule has 0 unspecified atom stereocenters. The van der Waals surface area contributed by atoms with Crippen molar-refractivity contribution in [2.24, 2.45) is 0 Å². The van der Waals surface area contributed by atoms with Gasteiger partial charge in [-0.1, -0.05) is 11.6 Å². The van der Waals surface area contributed by atoms with Crippen LogP contribution in [0.5, 0.6) is 0 Å². The summed E-state index contributed by atoms with van der Waals surface area (Å²) in [5, 5.41) is 4.42. The molecule has 1 aromatic heterocycles. The summed E-state index contributed by atoms with van der Waals surface area (Å²) in [6, 6.07) is 5.71. The Kier molecular flexibility index (Phi) is 4.18. The van der Waals surface area contributed by atoms with E-state index in [1.807, 2.05) is 0 Å². The van der Waals surface area contributed by atoms with Gasteiger partial charge >= 0.3 is 0 Å². The van der Waals surface area contributed by atoms with Crippen molar-refractivity contribution >= 4 is 21.6 Å². The molecule has 0 radical (unpaired) electrons. The largest absolute Gasteiger partial charge is 0.251 e. The van der Waals surface area contributed by atoms with Crippen molar-refractivity contribution in [3.05, 3.63) is 41.9 Å². The standard InChI is InChI=1S/C11H13ClN4O2S/c1-9(6-16-8-13-7-14-16)15-19(17,18)11-4-2-10(12)3-5-11/h2-5,7-9,15H,6H2,1H3/t9-/m0/s1. The van der Waals surface area contributed by atoms with Gasteiger partial charge in [-0.3, -0.25) is 4.68 Å². The number of halogens is 1. The van der Waals surface area contributed by atoms with Crippen LogP contribution in [0.4, 0.5) is 0 Å². The van der Waals surface area contributed by atoms with Crippen molar-refractivity contribution in [1.29, 1.82) is 0 Å². The summed E-state index contributed by atoms with van der Waals surface area (Å²) >= 11 is 5.73. The van der Waals surface area contributed by atoms with E-state index in [-0.39, 0.29) is 10.9 Å². The quantitative estimate of drug-likeness (QED) is 0.903. The van der Waals surface area contributed by atoms with Gasteiger partial charge in [0.05, 0.1) is 11.4 Å². The molecule has 102 valence electrons. The fourth-order valence-electron chi connectivity index (χ4n) is 1.59. The van der Waals surface area contributed by atoms with Crippen LogP contribution in [0.2, 0.25) is 5.02 Å². The first-order valence-corrected chi connectivity index (χ1v) is 7.44. The first-order valence-electron chi connectivity index (χ1n) is 5.58. The predicted molar refractivity (Wildman–Crippen MR) is 71.3 cm³/mol. The minimum atomic E-state index is -3.55. The van der Waals surface area contributed by atoms with Crippen molar-refractivity contribution in [3.63, 3.8) is 0 Å². The number of nitrogens with one attached hydrogen (secondary N) is 1. The molecule has 2 rings (SSSR count). The second-order valence-electron chi connectivity index (χ2n) is 4.09. The average molecular weight is 301 g/mol. The molecule has 0 saturated heterocycles. The van der Waals surface area contributed by atoms with E-state index in [4.69, 9.17) is 11.6 Å². The SMILES string of the molecule is C[C@@H](Cn1cncn1)NS(=O)(=O)c1ccc(Cl)cc1. The number of benzene rings is 1. The Morgan fingerprint density at radius 2 is 2.05 bits per heavy atom. The molecule has 1 atom stereocenters. The highest BCUT2D eigenvalue weighted by molar-refractivity contribution is 7.89.